The van der Waals surface area contributed by atoms with E-state index in [1.165, 1.54) is 19.2 Å². The Kier molecular flexibility index (Phi) is 8.23. The lowest BCUT2D eigenvalue weighted by molar-refractivity contribution is -0.101. The van der Waals surface area contributed by atoms with Gasteiger partial charge in [0.25, 0.3) is 5.91 Å². The van der Waals surface area contributed by atoms with Crippen LogP contribution < -0.4 is 11.0 Å². The van der Waals surface area contributed by atoms with E-state index in [-0.39, 0.29) is 18.0 Å². The number of hydrogen-bond acceptors (Lipinski definition) is 9. The van der Waals surface area contributed by atoms with Crippen LogP contribution in [0.25, 0.3) is 0 Å². The average Bonchev–Trinajstić information content (AvgIpc) is 3.25. The van der Waals surface area contributed by atoms with Gasteiger partial charge in [-0.15, -0.1) is 0 Å². The molecule has 0 spiro atoms. The highest BCUT2D eigenvalue weighted by Gasteiger charge is 2.57. The number of carbonyl (C=O) groups excluding carboxylic acids is 3. The summed E-state index contributed by atoms with van der Waals surface area (Å²) in [7, 11) is 0. The Hall–Kier alpha value is -5.13. The number of nitrogens with one attached hydrogen (secondary N) is 1. The number of aromatic nitrogens is 2. The first-order valence-electron chi connectivity index (χ1n) is 13.1. The van der Waals surface area contributed by atoms with Crippen molar-refractivity contribution >= 4 is 23.7 Å². The second-order valence-corrected chi connectivity index (χ2v) is 9.73. The fourth-order valence-electron chi connectivity index (χ4n) is 4.57. The number of anilines is 1. The topological polar surface area (TPSA) is 146 Å². The van der Waals surface area contributed by atoms with Crippen molar-refractivity contribution in [2.75, 3.05) is 11.9 Å². The summed E-state index contributed by atoms with van der Waals surface area (Å²) in [6, 6.07) is 26.2. The molecule has 4 aromatic rings. The Labute approximate surface area is 240 Å². The molecule has 0 saturated carbocycles. The van der Waals surface area contributed by atoms with Crippen molar-refractivity contribution in [1.29, 1.82) is 0 Å². The summed E-state index contributed by atoms with van der Waals surface area (Å²) in [4.78, 5) is 55.0. The summed E-state index contributed by atoms with van der Waals surface area (Å²) in [5.41, 5.74) is -1.91. The monoisotopic (exact) mass is 569 g/mol. The second kappa shape index (κ2) is 12.2. The van der Waals surface area contributed by atoms with Crippen molar-refractivity contribution in [3.05, 3.63) is 130 Å². The van der Waals surface area contributed by atoms with Crippen molar-refractivity contribution in [3.63, 3.8) is 0 Å². The van der Waals surface area contributed by atoms with Gasteiger partial charge in [0.15, 0.2) is 12.3 Å². The summed E-state index contributed by atoms with van der Waals surface area (Å²) < 4.78 is 18.1. The molecule has 0 aliphatic carbocycles. The fourth-order valence-corrected chi connectivity index (χ4v) is 4.57. The van der Waals surface area contributed by atoms with E-state index in [0.717, 1.165) is 4.57 Å². The van der Waals surface area contributed by atoms with Gasteiger partial charge in [-0.05, 0) is 49.4 Å². The maximum atomic E-state index is 13.1. The number of esters is 2. The molecular formula is C31H27N3O8. The van der Waals surface area contributed by atoms with E-state index in [4.69, 9.17) is 14.2 Å². The van der Waals surface area contributed by atoms with Gasteiger partial charge in [0.2, 0.25) is 0 Å². The number of carbonyl (C=O) groups is 3. The van der Waals surface area contributed by atoms with E-state index in [1.807, 2.05) is 0 Å². The molecule has 0 bridgehead atoms. The van der Waals surface area contributed by atoms with Gasteiger partial charge in [-0.25, -0.2) is 14.4 Å². The molecule has 5 rings (SSSR count). The third-order valence-electron chi connectivity index (χ3n) is 6.71. The third-order valence-corrected chi connectivity index (χ3v) is 6.71. The summed E-state index contributed by atoms with van der Waals surface area (Å²) >= 11 is 0. The van der Waals surface area contributed by atoms with Crippen molar-refractivity contribution in [1.82, 2.24) is 9.55 Å². The Balaban J connectivity index is 1.39. The van der Waals surface area contributed by atoms with Gasteiger partial charge in [-0.1, -0.05) is 54.6 Å². The van der Waals surface area contributed by atoms with E-state index in [9.17, 15) is 24.3 Å². The maximum absolute atomic E-state index is 13.1. The molecule has 1 aliphatic heterocycles. The summed E-state index contributed by atoms with van der Waals surface area (Å²) in [6.45, 7) is 0.956. The van der Waals surface area contributed by atoms with E-state index in [2.05, 4.69) is 10.3 Å². The Morgan fingerprint density at radius 2 is 1.43 bits per heavy atom. The normalized spacial score (nSPS) is 21.3. The average molecular weight is 570 g/mol. The number of hydrogen-bond donors (Lipinski definition) is 2. The molecule has 4 atom stereocenters. The largest absolute Gasteiger partial charge is 0.459 e. The minimum atomic E-state index is -1.96. The van der Waals surface area contributed by atoms with E-state index in [0.29, 0.717) is 11.1 Å². The zero-order valence-electron chi connectivity index (χ0n) is 22.5. The zero-order chi connectivity index (χ0) is 29.7. The summed E-state index contributed by atoms with van der Waals surface area (Å²) in [5.74, 6) is -1.86. The lowest BCUT2D eigenvalue weighted by atomic mass is 9.96. The van der Waals surface area contributed by atoms with Crippen LogP contribution >= 0.6 is 0 Å². The summed E-state index contributed by atoms with van der Waals surface area (Å²) in [5, 5.41) is 14.2. The van der Waals surface area contributed by atoms with Crippen molar-refractivity contribution in [2.24, 2.45) is 0 Å². The molecule has 1 aromatic heterocycles. The molecule has 0 radical (unpaired) electrons. The maximum Gasteiger partial charge on any atom is 0.351 e. The molecule has 1 amide bonds. The van der Waals surface area contributed by atoms with Gasteiger partial charge < -0.3 is 24.6 Å². The van der Waals surface area contributed by atoms with Crippen molar-refractivity contribution in [3.8, 4) is 0 Å². The standard InChI is InChI=1S/C31H27N3O8/c1-31(39)25(42-28(37)22-15-9-4-10-16-22)23(19-40-27(36)21-13-7-3-8-14-21)41-29(31)34-18-17-24(33-30(34)38)32-26(35)20-11-5-2-6-12-20/h2-18,23,25,29,39H,19H2,1H3,(H,32,33,35,38)/t23-,25?,29-,31+/m1/s1. The SMILES string of the molecule is C[C@]1(O)C(OC(=O)c2ccccc2)[C@@H](COC(=O)c2ccccc2)O[C@H]1n1ccc(NC(=O)c2ccccc2)nc1=O. The first-order valence-corrected chi connectivity index (χ1v) is 13.1. The molecule has 1 fully saturated rings. The smallest absolute Gasteiger partial charge is 0.351 e. The molecule has 2 N–H and O–H groups in total. The Morgan fingerprint density at radius 3 is 2.00 bits per heavy atom. The van der Waals surface area contributed by atoms with Crippen LogP contribution in [0.5, 0.6) is 0 Å². The Bertz CT molecular complexity index is 1620. The lowest BCUT2D eigenvalue weighted by Crippen LogP contribution is -2.48. The van der Waals surface area contributed by atoms with E-state index >= 15 is 0 Å². The van der Waals surface area contributed by atoms with Crippen LogP contribution in [0.1, 0.15) is 44.2 Å². The van der Waals surface area contributed by atoms with Gasteiger partial charge >= 0.3 is 17.6 Å². The van der Waals surface area contributed by atoms with Crippen LogP contribution in [0.3, 0.4) is 0 Å². The highest BCUT2D eigenvalue weighted by molar-refractivity contribution is 6.03. The van der Waals surface area contributed by atoms with Crippen molar-refractivity contribution < 1.29 is 33.7 Å². The Morgan fingerprint density at radius 1 is 0.881 bits per heavy atom. The van der Waals surface area contributed by atoms with Crippen LogP contribution in [0.2, 0.25) is 0 Å². The number of amides is 1. The number of nitrogens with zero attached hydrogens (tertiary/aromatic N) is 2. The van der Waals surface area contributed by atoms with Crippen LogP contribution in [-0.2, 0) is 14.2 Å². The molecule has 11 heteroatoms. The zero-order valence-corrected chi connectivity index (χ0v) is 22.5. The van der Waals surface area contributed by atoms with Crippen LogP contribution in [0, 0.1) is 0 Å². The van der Waals surface area contributed by atoms with Crippen molar-refractivity contribution in [2.45, 2.75) is 31.0 Å². The van der Waals surface area contributed by atoms with Gasteiger partial charge in [0.05, 0.1) is 11.1 Å². The molecule has 11 nitrogen and oxygen atoms in total. The van der Waals surface area contributed by atoms with E-state index in [1.54, 1.807) is 91.0 Å². The van der Waals surface area contributed by atoms with Gasteiger partial charge in [-0.3, -0.25) is 9.36 Å². The van der Waals surface area contributed by atoms with Crippen LogP contribution in [0.15, 0.2) is 108 Å². The number of rotatable bonds is 8. The van der Waals surface area contributed by atoms with Gasteiger partial charge in [0.1, 0.15) is 24.1 Å². The molecule has 3 aromatic carbocycles. The minimum Gasteiger partial charge on any atom is -0.459 e. The van der Waals surface area contributed by atoms with Gasteiger partial charge in [-0.2, -0.15) is 4.98 Å². The lowest BCUT2D eigenvalue weighted by Gasteiger charge is -2.30. The fraction of sp³-hybridized carbons (Fsp3) is 0.194. The third kappa shape index (κ3) is 6.12. The highest BCUT2D eigenvalue weighted by atomic mass is 16.6. The molecule has 214 valence electrons. The first-order chi connectivity index (χ1) is 20.2. The first kappa shape index (κ1) is 28.4. The second-order valence-electron chi connectivity index (χ2n) is 9.73. The van der Waals surface area contributed by atoms with E-state index < -0.39 is 47.6 Å². The number of aliphatic hydroxyl groups is 1. The number of ether oxygens (including phenoxy) is 3. The molecular weight excluding hydrogens is 542 g/mol. The molecule has 1 aliphatic rings. The highest BCUT2D eigenvalue weighted by Crippen LogP contribution is 2.40. The summed E-state index contributed by atoms with van der Waals surface area (Å²) in [6.07, 6.45) is -2.58. The predicted octanol–water partition coefficient (Wildman–Crippen LogP) is 3.23. The molecule has 1 unspecified atom stereocenters. The minimum absolute atomic E-state index is 0.0110. The molecule has 1 saturated heterocycles. The van der Waals surface area contributed by atoms with Crippen LogP contribution in [0.4, 0.5) is 5.82 Å². The van der Waals surface area contributed by atoms with Gasteiger partial charge in [0, 0.05) is 11.8 Å². The quantitative estimate of drug-likeness (QED) is 0.305. The number of benzene rings is 3. The molecule has 42 heavy (non-hydrogen) atoms. The van der Waals surface area contributed by atoms with Crippen LogP contribution in [-0.4, -0.2) is 56.9 Å². The predicted molar refractivity (Wildman–Crippen MR) is 150 cm³/mol. The molecule has 2 heterocycles.